The number of halogens is 1. The van der Waals surface area contributed by atoms with E-state index >= 15 is 0 Å². The highest BCUT2D eigenvalue weighted by atomic mass is 79.9. The molecule has 0 aliphatic carbocycles. The largest absolute Gasteiger partial charge is 0.575 e. The summed E-state index contributed by atoms with van der Waals surface area (Å²) in [4.78, 5) is 9.44. The first-order valence-electron chi connectivity index (χ1n) is 2.52. The topological polar surface area (TPSA) is 83.0 Å². The van der Waals surface area contributed by atoms with Gasteiger partial charge < -0.3 is 15.3 Å². The molecular formula is C4H2BrN3O3. The number of rotatable bonds is 1. The van der Waals surface area contributed by atoms with E-state index in [0.717, 1.165) is 6.07 Å². The molecule has 0 unspecified atom stereocenters. The van der Waals surface area contributed by atoms with Gasteiger partial charge >= 0.3 is 10.4 Å². The Morgan fingerprint density at radius 2 is 2.27 bits per heavy atom. The molecule has 0 bridgehead atoms. The van der Waals surface area contributed by atoms with Crippen LogP contribution in [0.15, 0.2) is 16.7 Å². The van der Waals surface area contributed by atoms with Crippen molar-refractivity contribution >= 4 is 21.7 Å². The Bertz CT molecular complexity index is 303. The highest BCUT2D eigenvalue weighted by Crippen LogP contribution is 2.06. The van der Waals surface area contributed by atoms with Crippen molar-refractivity contribution in [1.29, 1.82) is 0 Å². The van der Waals surface area contributed by atoms with Crippen molar-refractivity contribution in [3.8, 4) is 0 Å². The molecule has 0 aromatic carbocycles. The molecule has 1 aromatic heterocycles. The first-order chi connectivity index (χ1) is 5.11. The molecule has 58 valence electrons. The van der Waals surface area contributed by atoms with E-state index in [-0.39, 0.29) is 9.45 Å². The summed E-state index contributed by atoms with van der Waals surface area (Å²) in [6.07, 6.45) is 0. The van der Waals surface area contributed by atoms with Crippen LogP contribution in [0.5, 0.6) is 0 Å². The maximum Gasteiger partial charge on any atom is 0.438 e. The fourth-order valence-corrected chi connectivity index (χ4v) is 0.690. The SMILES string of the molecule is O=[N+]([O-])c1ccc(Br)[n+]([O-])n1. The van der Waals surface area contributed by atoms with E-state index in [4.69, 9.17) is 0 Å². The Morgan fingerprint density at radius 1 is 1.64 bits per heavy atom. The standard InChI is InChI=1S/C4H2BrN3O3/c5-3-1-2-4(8(10)11)6-7(3)9/h1-2H. The van der Waals surface area contributed by atoms with Crippen LogP contribution in [0.25, 0.3) is 0 Å². The summed E-state index contributed by atoms with van der Waals surface area (Å²) in [5.41, 5.74) is 0. The van der Waals surface area contributed by atoms with Gasteiger partial charge in [-0.25, -0.2) is 0 Å². The van der Waals surface area contributed by atoms with Crippen molar-refractivity contribution < 1.29 is 9.77 Å². The smallest absolute Gasteiger partial charge is 0.438 e. The predicted octanol–water partition coefficient (Wildman–Crippen LogP) is 0.386. The zero-order valence-electron chi connectivity index (χ0n) is 5.10. The first-order valence-corrected chi connectivity index (χ1v) is 3.31. The molecule has 0 fully saturated rings. The van der Waals surface area contributed by atoms with E-state index in [1.807, 2.05) is 0 Å². The molecule has 0 saturated heterocycles. The van der Waals surface area contributed by atoms with Crippen LogP contribution in [0.3, 0.4) is 0 Å². The number of hydrogen-bond donors (Lipinski definition) is 0. The van der Waals surface area contributed by atoms with Gasteiger partial charge in [0.25, 0.3) is 0 Å². The number of nitrogens with zero attached hydrogens (tertiary/aromatic N) is 3. The quantitative estimate of drug-likeness (QED) is 0.296. The third kappa shape index (κ3) is 1.61. The van der Waals surface area contributed by atoms with Gasteiger partial charge in [-0.05, 0) is 4.92 Å². The van der Waals surface area contributed by atoms with Crippen LogP contribution in [0.2, 0.25) is 0 Å². The van der Waals surface area contributed by atoms with Crippen molar-refractivity contribution in [3.05, 3.63) is 32.1 Å². The van der Waals surface area contributed by atoms with E-state index in [9.17, 15) is 15.3 Å². The molecular weight excluding hydrogens is 218 g/mol. The monoisotopic (exact) mass is 219 g/mol. The Kier molecular flexibility index (Phi) is 1.99. The van der Waals surface area contributed by atoms with Gasteiger partial charge in [0.15, 0.2) is 0 Å². The Hall–Kier alpha value is -1.24. The second kappa shape index (κ2) is 2.79. The fraction of sp³-hybridized carbons (Fsp3) is 0. The molecule has 0 radical (unpaired) electrons. The van der Waals surface area contributed by atoms with E-state index < -0.39 is 10.7 Å². The minimum Gasteiger partial charge on any atom is -0.575 e. The molecule has 7 heteroatoms. The average molecular weight is 220 g/mol. The Balaban J connectivity index is 3.15. The maximum absolute atomic E-state index is 10.6. The lowest BCUT2D eigenvalue weighted by atomic mass is 10.5. The maximum atomic E-state index is 10.6. The number of hydrogen-bond acceptors (Lipinski definition) is 4. The molecule has 0 saturated carbocycles. The summed E-state index contributed by atoms with van der Waals surface area (Å²) in [5, 5.41) is 23.7. The molecule has 1 rings (SSSR count). The lowest BCUT2D eigenvalue weighted by molar-refractivity contribution is -0.685. The van der Waals surface area contributed by atoms with Gasteiger partial charge in [0.05, 0.1) is 10.9 Å². The number of nitro groups is 1. The lowest BCUT2D eigenvalue weighted by Gasteiger charge is -1.90. The van der Waals surface area contributed by atoms with Crippen LogP contribution in [0.1, 0.15) is 0 Å². The van der Waals surface area contributed by atoms with Crippen LogP contribution in [0, 0.1) is 15.3 Å². The van der Waals surface area contributed by atoms with Crippen molar-refractivity contribution in [3.63, 3.8) is 0 Å². The van der Waals surface area contributed by atoms with E-state index in [2.05, 4.69) is 21.0 Å². The molecule has 1 aromatic rings. The van der Waals surface area contributed by atoms with E-state index in [1.165, 1.54) is 6.07 Å². The molecule has 0 atom stereocenters. The third-order valence-electron chi connectivity index (χ3n) is 0.933. The Labute approximate surface area is 69.3 Å². The lowest BCUT2D eigenvalue weighted by Crippen LogP contribution is -2.32. The van der Waals surface area contributed by atoms with Gasteiger partial charge in [0.2, 0.25) is 5.10 Å². The zero-order valence-corrected chi connectivity index (χ0v) is 6.69. The minimum atomic E-state index is -0.735. The van der Waals surface area contributed by atoms with Crippen LogP contribution in [0.4, 0.5) is 5.82 Å². The summed E-state index contributed by atoms with van der Waals surface area (Å²) in [7, 11) is 0. The average Bonchev–Trinajstić information content (AvgIpc) is 1.94. The summed E-state index contributed by atoms with van der Waals surface area (Å²) < 4.78 is 0.142. The summed E-state index contributed by atoms with van der Waals surface area (Å²) in [6.45, 7) is 0. The second-order valence-corrected chi connectivity index (χ2v) is 2.46. The molecule has 0 aliphatic heterocycles. The highest BCUT2D eigenvalue weighted by molar-refractivity contribution is 9.10. The van der Waals surface area contributed by atoms with Crippen molar-refractivity contribution in [2.75, 3.05) is 0 Å². The second-order valence-electron chi connectivity index (χ2n) is 1.64. The van der Waals surface area contributed by atoms with Crippen molar-refractivity contribution in [2.24, 2.45) is 0 Å². The molecule has 6 nitrogen and oxygen atoms in total. The van der Waals surface area contributed by atoms with Gasteiger partial charge in [-0.1, -0.05) is 0 Å². The summed E-state index contributed by atoms with van der Waals surface area (Å²) in [5.74, 6) is -0.469. The molecule has 0 N–H and O–H groups in total. The zero-order chi connectivity index (χ0) is 8.43. The van der Waals surface area contributed by atoms with Crippen molar-refractivity contribution in [1.82, 2.24) is 5.10 Å². The first kappa shape index (κ1) is 7.86. The summed E-state index contributed by atoms with van der Waals surface area (Å²) in [6, 6.07) is 2.40. The van der Waals surface area contributed by atoms with Crippen LogP contribution in [-0.4, -0.2) is 10.0 Å². The third-order valence-corrected chi connectivity index (χ3v) is 1.50. The molecule has 11 heavy (non-hydrogen) atoms. The van der Waals surface area contributed by atoms with Crippen molar-refractivity contribution in [2.45, 2.75) is 0 Å². The molecule has 0 spiro atoms. The van der Waals surface area contributed by atoms with Crippen LogP contribution < -0.4 is 4.85 Å². The van der Waals surface area contributed by atoms with Gasteiger partial charge in [-0.15, -0.1) is 0 Å². The van der Waals surface area contributed by atoms with E-state index in [1.54, 1.807) is 0 Å². The highest BCUT2D eigenvalue weighted by Gasteiger charge is 2.15. The van der Waals surface area contributed by atoms with E-state index in [0.29, 0.717) is 0 Å². The minimum absolute atomic E-state index is 0.137. The Morgan fingerprint density at radius 3 is 2.73 bits per heavy atom. The molecule has 0 amide bonds. The van der Waals surface area contributed by atoms with Gasteiger partial charge in [0, 0.05) is 22.0 Å². The normalized spacial score (nSPS) is 9.55. The molecule has 1 heterocycles. The van der Waals surface area contributed by atoms with Gasteiger partial charge in [0.1, 0.15) is 0 Å². The summed E-state index contributed by atoms with van der Waals surface area (Å²) >= 11 is 2.84. The van der Waals surface area contributed by atoms with Gasteiger partial charge in [-0.2, -0.15) is 0 Å². The predicted molar refractivity (Wildman–Crippen MR) is 37.6 cm³/mol. The molecule has 0 aliphatic rings. The van der Waals surface area contributed by atoms with Crippen LogP contribution in [-0.2, 0) is 0 Å². The number of aromatic nitrogens is 2. The van der Waals surface area contributed by atoms with Crippen LogP contribution >= 0.6 is 15.9 Å². The fourth-order valence-electron chi connectivity index (χ4n) is 0.479. The van der Waals surface area contributed by atoms with Gasteiger partial charge in [-0.3, -0.25) is 0 Å².